The standard InChI is InChI=1S/C11H14FIN2O3/c1-2-3-7(16)6-14-10-4-8(12)9(13)5-11(10)15(17)18/h4-5,7,14,16H,2-3,6H2,1H3. The van der Waals surface area contributed by atoms with Gasteiger partial charge in [-0.15, -0.1) is 0 Å². The SMILES string of the molecule is CCCC(O)CNc1cc(F)c(I)cc1[N+](=O)[O-]. The fourth-order valence-corrected chi connectivity index (χ4v) is 1.94. The molecule has 0 heterocycles. The Morgan fingerprint density at radius 3 is 2.83 bits per heavy atom. The molecule has 1 atom stereocenters. The highest BCUT2D eigenvalue weighted by molar-refractivity contribution is 14.1. The Morgan fingerprint density at radius 1 is 1.61 bits per heavy atom. The third-order valence-corrected chi connectivity index (χ3v) is 3.21. The molecule has 5 nitrogen and oxygen atoms in total. The van der Waals surface area contributed by atoms with Crippen molar-refractivity contribution in [3.05, 3.63) is 31.6 Å². The van der Waals surface area contributed by atoms with E-state index in [-0.39, 0.29) is 21.5 Å². The van der Waals surface area contributed by atoms with E-state index in [0.29, 0.717) is 6.42 Å². The number of hydrogen-bond acceptors (Lipinski definition) is 4. The van der Waals surface area contributed by atoms with E-state index in [2.05, 4.69) is 5.32 Å². The number of nitrogens with zero attached hydrogens (tertiary/aromatic N) is 1. The molecule has 0 bridgehead atoms. The van der Waals surface area contributed by atoms with Gasteiger partial charge in [-0.2, -0.15) is 0 Å². The quantitative estimate of drug-likeness (QED) is 0.460. The van der Waals surface area contributed by atoms with E-state index in [1.54, 1.807) is 22.6 Å². The van der Waals surface area contributed by atoms with Crippen LogP contribution in [0.4, 0.5) is 15.8 Å². The first-order valence-corrected chi connectivity index (χ1v) is 6.59. The Labute approximate surface area is 118 Å². The summed E-state index contributed by atoms with van der Waals surface area (Å²) < 4.78 is 13.6. The van der Waals surface area contributed by atoms with Crippen molar-refractivity contribution < 1.29 is 14.4 Å². The van der Waals surface area contributed by atoms with Gasteiger partial charge in [-0.3, -0.25) is 10.1 Å². The number of rotatable bonds is 6. The summed E-state index contributed by atoms with van der Waals surface area (Å²) in [6.07, 6.45) is 0.802. The maximum atomic E-state index is 13.4. The summed E-state index contributed by atoms with van der Waals surface area (Å²) in [7, 11) is 0. The first kappa shape index (κ1) is 15.1. The Bertz CT molecular complexity index is 443. The normalized spacial score (nSPS) is 12.2. The summed E-state index contributed by atoms with van der Waals surface area (Å²) in [6.45, 7) is 2.09. The smallest absolute Gasteiger partial charge is 0.293 e. The summed E-state index contributed by atoms with van der Waals surface area (Å²) in [4.78, 5) is 10.3. The van der Waals surface area contributed by atoms with Crippen molar-refractivity contribution in [3.8, 4) is 0 Å². The molecule has 2 N–H and O–H groups in total. The minimum Gasteiger partial charge on any atom is -0.391 e. The second-order valence-electron chi connectivity index (χ2n) is 3.86. The first-order chi connectivity index (χ1) is 8.45. The molecule has 100 valence electrons. The zero-order valence-electron chi connectivity index (χ0n) is 9.82. The molecule has 0 spiro atoms. The van der Waals surface area contributed by atoms with E-state index in [1.165, 1.54) is 6.07 Å². The van der Waals surface area contributed by atoms with Crippen molar-refractivity contribution in [1.82, 2.24) is 0 Å². The summed E-state index contributed by atoms with van der Waals surface area (Å²) in [5.74, 6) is -0.520. The number of nitro groups is 1. The summed E-state index contributed by atoms with van der Waals surface area (Å²) in [6, 6.07) is 2.25. The average molecular weight is 368 g/mol. The Kier molecular flexibility index (Phi) is 5.73. The number of nitro benzene ring substituents is 1. The van der Waals surface area contributed by atoms with Gasteiger partial charge >= 0.3 is 0 Å². The molecule has 1 aromatic carbocycles. The van der Waals surface area contributed by atoms with Crippen LogP contribution in [0.1, 0.15) is 19.8 Å². The fourth-order valence-electron chi connectivity index (χ4n) is 1.49. The number of anilines is 1. The van der Waals surface area contributed by atoms with E-state index >= 15 is 0 Å². The van der Waals surface area contributed by atoms with Crippen molar-refractivity contribution in [1.29, 1.82) is 0 Å². The van der Waals surface area contributed by atoms with Crippen LogP contribution in [-0.4, -0.2) is 22.7 Å². The van der Waals surface area contributed by atoms with E-state index in [1.807, 2.05) is 6.92 Å². The van der Waals surface area contributed by atoms with Gasteiger partial charge in [-0.25, -0.2) is 4.39 Å². The van der Waals surface area contributed by atoms with Crippen molar-refractivity contribution in [3.63, 3.8) is 0 Å². The molecule has 0 aliphatic rings. The minimum atomic E-state index is -0.600. The van der Waals surface area contributed by atoms with E-state index in [0.717, 1.165) is 12.5 Å². The summed E-state index contributed by atoms with van der Waals surface area (Å²) in [5.41, 5.74) is -0.0995. The van der Waals surface area contributed by atoms with Gasteiger partial charge in [-0.05, 0) is 29.0 Å². The molecule has 0 saturated carbocycles. The molecule has 7 heteroatoms. The van der Waals surface area contributed by atoms with E-state index < -0.39 is 16.8 Å². The average Bonchev–Trinajstić information content (AvgIpc) is 2.30. The van der Waals surface area contributed by atoms with Gasteiger partial charge < -0.3 is 10.4 Å². The lowest BCUT2D eigenvalue weighted by atomic mass is 10.2. The molecule has 0 radical (unpaired) electrons. The molecule has 0 aliphatic carbocycles. The van der Waals surface area contributed by atoms with Crippen LogP contribution >= 0.6 is 22.6 Å². The van der Waals surface area contributed by atoms with Crippen molar-refractivity contribution in [2.45, 2.75) is 25.9 Å². The van der Waals surface area contributed by atoms with Crippen LogP contribution in [0.2, 0.25) is 0 Å². The van der Waals surface area contributed by atoms with Crippen LogP contribution in [0.15, 0.2) is 12.1 Å². The number of halogens is 2. The molecule has 0 fully saturated rings. The van der Waals surface area contributed by atoms with Crippen LogP contribution in [0.3, 0.4) is 0 Å². The highest BCUT2D eigenvalue weighted by Crippen LogP contribution is 2.28. The van der Waals surface area contributed by atoms with E-state index in [9.17, 15) is 19.6 Å². The third-order valence-electron chi connectivity index (χ3n) is 2.39. The zero-order chi connectivity index (χ0) is 13.7. The second kappa shape index (κ2) is 6.83. The van der Waals surface area contributed by atoms with Crippen molar-refractivity contribution in [2.75, 3.05) is 11.9 Å². The maximum absolute atomic E-state index is 13.4. The van der Waals surface area contributed by atoms with Gasteiger partial charge in [0.25, 0.3) is 5.69 Å². The molecule has 1 rings (SSSR count). The number of aliphatic hydroxyl groups excluding tert-OH is 1. The third kappa shape index (κ3) is 4.05. The Balaban J connectivity index is 2.86. The predicted octanol–water partition coefficient (Wildman–Crippen LogP) is 2.91. The second-order valence-corrected chi connectivity index (χ2v) is 5.03. The topological polar surface area (TPSA) is 75.4 Å². The van der Waals surface area contributed by atoms with Gasteiger partial charge in [0.1, 0.15) is 11.5 Å². The maximum Gasteiger partial charge on any atom is 0.293 e. The highest BCUT2D eigenvalue weighted by Gasteiger charge is 2.17. The number of aliphatic hydroxyl groups is 1. The zero-order valence-corrected chi connectivity index (χ0v) is 12.0. The van der Waals surface area contributed by atoms with Crippen molar-refractivity contribution in [2.24, 2.45) is 0 Å². The fraction of sp³-hybridized carbons (Fsp3) is 0.455. The molecule has 18 heavy (non-hydrogen) atoms. The largest absolute Gasteiger partial charge is 0.391 e. The van der Waals surface area contributed by atoms with Gasteiger partial charge in [0.15, 0.2) is 0 Å². The lowest BCUT2D eigenvalue weighted by Crippen LogP contribution is -2.19. The molecule has 0 saturated heterocycles. The Morgan fingerprint density at radius 2 is 2.28 bits per heavy atom. The monoisotopic (exact) mass is 368 g/mol. The van der Waals surface area contributed by atoms with E-state index in [4.69, 9.17) is 0 Å². The van der Waals surface area contributed by atoms with Gasteiger partial charge in [0.2, 0.25) is 0 Å². The van der Waals surface area contributed by atoms with Crippen LogP contribution < -0.4 is 5.32 Å². The molecule has 0 amide bonds. The molecular weight excluding hydrogens is 354 g/mol. The number of benzene rings is 1. The predicted molar refractivity (Wildman–Crippen MR) is 75.2 cm³/mol. The molecule has 1 unspecified atom stereocenters. The summed E-state index contributed by atoms with van der Waals surface area (Å²) >= 11 is 1.70. The van der Waals surface area contributed by atoms with Gasteiger partial charge in [0, 0.05) is 18.7 Å². The van der Waals surface area contributed by atoms with Gasteiger partial charge in [-0.1, -0.05) is 13.3 Å². The number of hydrogen-bond donors (Lipinski definition) is 2. The lowest BCUT2D eigenvalue weighted by Gasteiger charge is -2.12. The molecule has 0 aliphatic heterocycles. The Hall–Kier alpha value is -0.960. The molecule has 0 aromatic heterocycles. The minimum absolute atomic E-state index is 0.0908. The van der Waals surface area contributed by atoms with Crippen LogP contribution in [0.25, 0.3) is 0 Å². The van der Waals surface area contributed by atoms with Crippen LogP contribution in [-0.2, 0) is 0 Å². The lowest BCUT2D eigenvalue weighted by molar-refractivity contribution is -0.384. The van der Waals surface area contributed by atoms with Crippen molar-refractivity contribution >= 4 is 34.0 Å². The van der Waals surface area contributed by atoms with Crippen LogP contribution in [0.5, 0.6) is 0 Å². The molecular formula is C11H14FIN2O3. The first-order valence-electron chi connectivity index (χ1n) is 5.51. The number of nitrogens with one attached hydrogen (secondary N) is 1. The highest BCUT2D eigenvalue weighted by atomic mass is 127. The summed E-state index contributed by atoms with van der Waals surface area (Å²) in [5, 5.41) is 23.1. The molecule has 1 aromatic rings. The van der Waals surface area contributed by atoms with Crippen LogP contribution in [0, 0.1) is 19.5 Å². The van der Waals surface area contributed by atoms with Gasteiger partial charge in [0.05, 0.1) is 14.6 Å².